The molecule has 1 aliphatic rings. The molecule has 0 radical (unpaired) electrons. The van der Waals surface area contributed by atoms with Crippen molar-refractivity contribution in [1.29, 1.82) is 0 Å². The average Bonchev–Trinajstić information content (AvgIpc) is 3.25. The van der Waals surface area contributed by atoms with Gasteiger partial charge in [-0.25, -0.2) is 9.18 Å². The number of benzene rings is 1. The van der Waals surface area contributed by atoms with Crippen LogP contribution >= 0.6 is 0 Å². The predicted octanol–water partition coefficient (Wildman–Crippen LogP) is 2.89. The third kappa shape index (κ3) is 3.93. The van der Waals surface area contributed by atoms with Gasteiger partial charge >= 0.3 is 12.0 Å². The third-order valence-corrected chi connectivity index (χ3v) is 3.58. The maximum atomic E-state index is 13.6. The molecule has 0 heterocycles. The molecule has 0 saturated heterocycles. The number of nitrogens with zero attached hydrogens (tertiary/aromatic N) is 1. The van der Waals surface area contributed by atoms with Gasteiger partial charge in [0.2, 0.25) is 0 Å². The number of carboxylic acid groups (broad SMARTS) is 1. The number of carbonyl (C=O) groups is 2. The van der Waals surface area contributed by atoms with Crippen molar-refractivity contribution in [3.05, 3.63) is 29.6 Å². The maximum Gasteiger partial charge on any atom is 0.321 e. The van der Waals surface area contributed by atoms with Crippen molar-refractivity contribution in [1.82, 2.24) is 4.90 Å². The van der Waals surface area contributed by atoms with Crippen molar-refractivity contribution < 1.29 is 19.1 Å². The Balaban J connectivity index is 1.99. The van der Waals surface area contributed by atoms with Crippen LogP contribution in [0.3, 0.4) is 0 Å². The maximum absolute atomic E-state index is 13.6. The largest absolute Gasteiger partial charge is 0.481 e. The summed E-state index contributed by atoms with van der Waals surface area (Å²) in [7, 11) is 1.53. The number of hydrogen-bond acceptors (Lipinski definition) is 2. The summed E-state index contributed by atoms with van der Waals surface area (Å²) in [6, 6.07) is 4.10. The van der Waals surface area contributed by atoms with E-state index in [4.69, 9.17) is 5.11 Å². The SMILES string of the molecule is CC(CN(C)C(=O)Nc1ccc(F)c(C2CC2)c1)C(=O)O. The molecule has 2 N–H and O–H groups in total. The van der Waals surface area contributed by atoms with E-state index in [1.165, 1.54) is 31.0 Å². The minimum Gasteiger partial charge on any atom is -0.481 e. The number of nitrogens with one attached hydrogen (secondary N) is 1. The van der Waals surface area contributed by atoms with Gasteiger partial charge in [-0.2, -0.15) is 0 Å². The van der Waals surface area contributed by atoms with E-state index in [1.54, 1.807) is 6.07 Å². The number of halogens is 1. The fourth-order valence-electron chi connectivity index (χ4n) is 2.12. The van der Waals surface area contributed by atoms with Gasteiger partial charge < -0.3 is 15.3 Å². The second-order valence-electron chi connectivity index (χ2n) is 5.56. The van der Waals surface area contributed by atoms with Crippen LogP contribution in [-0.2, 0) is 4.79 Å². The number of urea groups is 1. The normalized spacial score (nSPS) is 15.4. The lowest BCUT2D eigenvalue weighted by Crippen LogP contribution is -2.36. The van der Waals surface area contributed by atoms with Gasteiger partial charge in [0, 0.05) is 19.3 Å². The molecule has 6 heteroatoms. The summed E-state index contributed by atoms with van der Waals surface area (Å²) in [5, 5.41) is 11.5. The molecule has 1 fully saturated rings. The molecule has 0 spiro atoms. The number of hydrogen-bond donors (Lipinski definition) is 2. The number of carboxylic acids is 1. The van der Waals surface area contributed by atoms with Crippen LogP contribution in [0.25, 0.3) is 0 Å². The highest BCUT2D eigenvalue weighted by Gasteiger charge is 2.27. The van der Waals surface area contributed by atoms with Crippen molar-refractivity contribution in [2.75, 3.05) is 18.9 Å². The monoisotopic (exact) mass is 294 g/mol. The Labute approximate surface area is 122 Å². The topological polar surface area (TPSA) is 69.6 Å². The zero-order valence-electron chi connectivity index (χ0n) is 12.1. The number of amides is 2. The van der Waals surface area contributed by atoms with Crippen molar-refractivity contribution in [2.45, 2.75) is 25.7 Å². The minimum absolute atomic E-state index is 0.109. The highest BCUT2D eigenvalue weighted by atomic mass is 19.1. The zero-order valence-corrected chi connectivity index (χ0v) is 12.1. The van der Waals surface area contributed by atoms with Crippen LogP contribution in [0.2, 0.25) is 0 Å². The Morgan fingerprint density at radius 3 is 2.71 bits per heavy atom. The Hall–Kier alpha value is -2.11. The zero-order chi connectivity index (χ0) is 15.6. The van der Waals surface area contributed by atoms with Crippen LogP contribution in [0, 0.1) is 11.7 Å². The van der Waals surface area contributed by atoms with E-state index < -0.39 is 17.9 Å². The number of aliphatic carboxylic acids is 1. The second kappa shape index (κ2) is 6.11. The molecule has 1 unspecified atom stereocenters. The minimum atomic E-state index is -0.951. The van der Waals surface area contributed by atoms with Crippen LogP contribution in [0.15, 0.2) is 18.2 Å². The first-order valence-corrected chi connectivity index (χ1v) is 6.93. The molecule has 1 atom stereocenters. The summed E-state index contributed by atoms with van der Waals surface area (Å²) in [5.74, 6) is -1.58. The van der Waals surface area contributed by atoms with Gasteiger partial charge in [-0.15, -0.1) is 0 Å². The van der Waals surface area contributed by atoms with Crippen molar-refractivity contribution >= 4 is 17.7 Å². The fraction of sp³-hybridized carbons (Fsp3) is 0.467. The van der Waals surface area contributed by atoms with Crippen molar-refractivity contribution in [3.63, 3.8) is 0 Å². The van der Waals surface area contributed by atoms with Crippen LogP contribution in [0.4, 0.5) is 14.9 Å². The van der Waals surface area contributed by atoms with Gasteiger partial charge in [0.05, 0.1) is 5.92 Å². The first kappa shape index (κ1) is 15.3. The molecule has 1 saturated carbocycles. The molecule has 21 heavy (non-hydrogen) atoms. The van der Waals surface area contributed by atoms with E-state index in [0.717, 1.165) is 12.8 Å². The van der Waals surface area contributed by atoms with Crippen LogP contribution < -0.4 is 5.32 Å². The molecule has 2 amide bonds. The number of anilines is 1. The summed E-state index contributed by atoms with van der Waals surface area (Å²) >= 11 is 0. The summed E-state index contributed by atoms with van der Waals surface area (Å²) in [4.78, 5) is 24.1. The smallest absolute Gasteiger partial charge is 0.321 e. The Kier molecular flexibility index (Phi) is 4.45. The first-order chi connectivity index (χ1) is 9.88. The van der Waals surface area contributed by atoms with E-state index >= 15 is 0 Å². The van der Waals surface area contributed by atoms with E-state index in [2.05, 4.69) is 5.32 Å². The first-order valence-electron chi connectivity index (χ1n) is 6.93. The lowest BCUT2D eigenvalue weighted by Gasteiger charge is -2.20. The molecular weight excluding hydrogens is 275 g/mol. The standard InChI is InChI=1S/C15H19FN2O3/c1-9(14(19)20)8-18(2)15(21)17-11-5-6-13(16)12(7-11)10-3-4-10/h5-7,9-10H,3-4,8H2,1-2H3,(H,17,21)(H,19,20). The van der Waals surface area contributed by atoms with Gasteiger partial charge in [0.1, 0.15) is 5.82 Å². The van der Waals surface area contributed by atoms with Gasteiger partial charge in [-0.3, -0.25) is 4.79 Å². The molecule has 5 nitrogen and oxygen atoms in total. The Morgan fingerprint density at radius 1 is 1.48 bits per heavy atom. The van der Waals surface area contributed by atoms with Crippen LogP contribution in [-0.4, -0.2) is 35.6 Å². The van der Waals surface area contributed by atoms with Crippen LogP contribution in [0.1, 0.15) is 31.2 Å². The van der Waals surface area contributed by atoms with Crippen molar-refractivity contribution in [3.8, 4) is 0 Å². The van der Waals surface area contributed by atoms with Gasteiger partial charge in [-0.1, -0.05) is 6.92 Å². The second-order valence-corrected chi connectivity index (χ2v) is 5.56. The number of carbonyl (C=O) groups excluding carboxylic acids is 1. The Morgan fingerprint density at radius 2 is 2.14 bits per heavy atom. The van der Waals surface area contributed by atoms with Gasteiger partial charge in [0.15, 0.2) is 0 Å². The predicted molar refractivity (Wildman–Crippen MR) is 76.8 cm³/mol. The van der Waals surface area contributed by atoms with E-state index in [9.17, 15) is 14.0 Å². The summed E-state index contributed by atoms with van der Waals surface area (Å²) < 4.78 is 13.6. The number of rotatable bonds is 5. The van der Waals surface area contributed by atoms with E-state index in [0.29, 0.717) is 11.3 Å². The van der Waals surface area contributed by atoms with E-state index in [1.807, 2.05) is 0 Å². The highest BCUT2D eigenvalue weighted by molar-refractivity contribution is 5.89. The molecule has 1 aromatic carbocycles. The molecule has 0 aromatic heterocycles. The lowest BCUT2D eigenvalue weighted by atomic mass is 10.1. The van der Waals surface area contributed by atoms with Crippen LogP contribution in [0.5, 0.6) is 0 Å². The highest BCUT2D eigenvalue weighted by Crippen LogP contribution is 2.42. The quantitative estimate of drug-likeness (QED) is 0.877. The average molecular weight is 294 g/mol. The van der Waals surface area contributed by atoms with E-state index in [-0.39, 0.29) is 18.3 Å². The molecular formula is C15H19FN2O3. The van der Waals surface area contributed by atoms with Gasteiger partial charge in [-0.05, 0) is 42.5 Å². The molecule has 0 bridgehead atoms. The van der Waals surface area contributed by atoms with Crippen molar-refractivity contribution in [2.24, 2.45) is 5.92 Å². The lowest BCUT2D eigenvalue weighted by molar-refractivity contribution is -0.141. The summed E-state index contributed by atoms with van der Waals surface area (Å²) in [6.45, 7) is 1.65. The molecule has 114 valence electrons. The summed E-state index contributed by atoms with van der Waals surface area (Å²) in [6.07, 6.45) is 1.95. The molecule has 1 aromatic rings. The third-order valence-electron chi connectivity index (χ3n) is 3.58. The molecule has 0 aliphatic heterocycles. The van der Waals surface area contributed by atoms with Gasteiger partial charge in [0.25, 0.3) is 0 Å². The fourth-order valence-corrected chi connectivity index (χ4v) is 2.12. The summed E-state index contributed by atoms with van der Waals surface area (Å²) in [5.41, 5.74) is 1.16. The Bertz CT molecular complexity index is 558. The molecule has 2 rings (SSSR count). The molecule has 1 aliphatic carbocycles.